The number of nitrogens with one attached hydrogen (secondary N) is 2. The minimum atomic E-state index is -0.244. The standard InChI is InChI=1S/C18H31N3O3.ClH/c1-13-16(19-9-12-24-13)18(23)21-10-7-14(8-11-21)17(22)20-15-5-3-2-4-6-15;/h13-16,19H,2-12H2,1H3,(H,20,22);1H/t13-,16+;/m1./s1. The van der Waals surface area contributed by atoms with Gasteiger partial charge in [-0.2, -0.15) is 0 Å². The molecule has 6 nitrogen and oxygen atoms in total. The molecule has 3 aliphatic rings. The number of hydrogen-bond donors (Lipinski definition) is 2. The first kappa shape index (κ1) is 20.5. The van der Waals surface area contributed by atoms with Crippen molar-refractivity contribution in [1.82, 2.24) is 15.5 Å². The van der Waals surface area contributed by atoms with E-state index < -0.39 is 0 Å². The number of carbonyl (C=O) groups excluding carboxylic acids is 2. The lowest BCUT2D eigenvalue weighted by Gasteiger charge is -2.37. The number of halogens is 1. The van der Waals surface area contributed by atoms with E-state index in [1.165, 1.54) is 19.3 Å². The van der Waals surface area contributed by atoms with Crippen molar-refractivity contribution in [3.8, 4) is 0 Å². The summed E-state index contributed by atoms with van der Waals surface area (Å²) >= 11 is 0. The Morgan fingerprint density at radius 2 is 1.76 bits per heavy atom. The molecule has 2 amide bonds. The van der Waals surface area contributed by atoms with Gasteiger partial charge in [0, 0.05) is 31.6 Å². The van der Waals surface area contributed by atoms with Gasteiger partial charge in [0.1, 0.15) is 6.04 Å². The zero-order valence-electron chi connectivity index (χ0n) is 15.2. The van der Waals surface area contributed by atoms with E-state index in [1.54, 1.807) is 0 Å². The van der Waals surface area contributed by atoms with Gasteiger partial charge < -0.3 is 20.3 Å². The number of amides is 2. The highest BCUT2D eigenvalue weighted by molar-refractivity contribution is 5.85. The molecule has 1 saturated carbocycles. The molecule has 7 heteroatoms. The van der Waals surface area contributed by atoms with E-state index in [4.69, 9.17) is 4.74 Å². The van der Waals surface area contributed by atoms with Gasteiger partial charge in [0.15, 0.2) is 0 Å². The fraction of sp³-hybridized carbons (Fsp3) is 0.889. The third-order valence-electron chi connectivity index (χ3n) is 5.71. The average molecular weight is 374 g/mol. The van der Waals surface area contributed by atoms with Crippen LogP contribution in [0.25, 0.3) is 0 Å². The number of nitrogens with zero attached hydrogens (tertiary/aromatic N) is 1. The maximum Gasteiger partial charge on any atom is 0.242 e. The van der Waals surface area contributed by atoms with Crippen LogP contribution in [0.2, 0.25) is 0 Å². The topological polar surface area (TPSA) is 70.7 Å². The molecule has 0 aromatic rings. The summed E-state index contributed by atoms with van der Waals surface area (Å²) in [7, 11) is 0. The molecule has 2 aliphatic heterocycles. The molecule has 3 rings (SSSR count). The van der Waals surface area contributed by atoms with Crippen LogP contribution in [-0.2, 0) is 14.3 Å². The first-order valence-corrected chi connectivity index (χ1v) is 9.59. The number of hydrogen-bond acceptors (Lipinski definition) is 4. The second-order valence-corrected chi connectivity index (χ2v) is 7.45. The Bertz CT molecular complexity index is 449. The van der Waals surface area contributed by atoms with Crippen LogP contribution in [0.5, 0.6) is 0 Å². The monoisotopic (exact) mass is 373 g/mol. The maximum absolute atomic E-state index is 12.6. The molecule has 1 aliphatic carbocycles. The summed E-state index contributed by atoms with van der Waals surface area (Å²) in [5, 5.41) is 6.49. The summed E-state index contributed by atoms with van der Waals surface area (Å²) in [5.74, 6) is 0.374. The highest BCUT2D eigenvalue weighted by Gasteiger charge is 2.35. The molecule has 0 bridgehead atoms. The molecule has 25 heavy (non-hydrogen) atoms. The number of morpholine rings is 1. The number of likely N-dealkylation sites (tertiary alicyclic amines) is 1. The van der Waals surface area contributed by atoms with Crippen molar-refractivity contribution in [3.63, 3.8) is 0 Å². The fourth-order valence-corrected chi connectivity index (χ4v) is 4.13. The Balaban J connectivity index is 0.00000225. The van der Waals surface area contributed by atoms with Gasteiger partial charge in [0.25, 0.3) is 0 Å². The van der Waals surface area contributed by atoms with E-state index in [0.29, 0.717) is 25.7 Å². The van der Waals surface area contributed by atoms with E-state index >= 15 is 0 Å². The van der Waals surface area contributed by atoms with Crippen molar-refractivity contribution < 1.29 is 14.3 Å². The first-order chi connectivity index (χ1) is 11.6. The molecular weight excluding hydrogens is 342 g/mol. The first-order valence-electron chi connectivity index (χ1n) is 9.59. The summed E-state index contributed by atoms with van der Waals surface area (Å²) in [4.78, 5) is 27.0. The van der Waals surface area contributed by atoms with E-state index in [0.717, 1.165) is 32.2 Å². The van der Waals surface area contributed by atoms with Gasteiger partial charge in [-0.1, -0.05) is 19.3 Å². The normalized spacial score (nSPS) is 28.9. The highest BCUT2D eigenvalue weighted by Crippen LogP contribution is 2.22. The van der Waals surface area contributed by atoms with Crippen molar-refractivity contribution >= 4 is 24.2 Å². The Kier molecular flexibility index (Phi) is 7.97. The largest absolute Gasteiger partial charge is 0.375 e. The van der Waals surface area contributed by atoms with Crippen molar-refractivity contribution in [1.29, 1.82) is 0 Å². The second-order valence-electron chi connectivity index (χ2n) is 7.45. The van der Waals surface area contributed by atoms with Crippen molar-refractivity contribution in [2.24, 2.45) is 5.92 Å². The van der Waals surface area contributed by atoms with Crippen LogP contribution < -0.4 is 10.6 Å². The summed E-state index contributed by atoms with van der Waals surface area (Å²) < 4.78 is 5.57. The molecule has 0 aromatic heterocycles. The smallest absolute Gasteiger partial charge is 0.242 e. The van der Waals surface area contributed by atoms with Crippen LogP contribution in [0.3, 0.4) is 0 Å². The van der Waals surface area contributed by atoms with Crippen molar-refractivity contribution in [2.45, 2.75) is 70.1 Å². The Labute approximate surface area is 156 Å². The van der Waals surface area contributed by atoms with Crippen LogP contribution in [0.4, 0.5) is 0 Å². The molecular formula is C18H32ClN3O3. The van der Waals surface area contributed by atoms with Gasteiger partial charge in [-0.25, -0.2) is 0 Å². The molecule has 3 fully saturated rings. The average Bonchev–Trinajstić information content (AvgIpc) is 2.62. The van der Waals surface area contributed by atoms with Gasteiger partial charge in [-0.3, -0.25) is 9.59 Å². The Hall–Kier alpha value is -0.850. The quantitative estimate of drug-likeness (QED) is 0.786. The summed E-state index contributed by atoms with van der Waals surface area (Å²) in [5.41, 5.74) is 0. The Morgan fingerprint density at radius 3 is 2.40 bits per heavy atom. The molecule has 2 saturated heterocycles. The summed E-state index contributed by atoms with van der Waals surface area (Å²) in [6.45, 7) is 4.67. The molecule has 0 radical (unpaired) electrons. The minimum absolute atomic E-state index is 0. The van der Waals surface area contributed by atoms with E-state index in [9.17, 15) is 9.59 Å². The van der Waals surface area contributed by atoms with E-state index in [1.807, 2.05) is 11.8 Å². The number of ether oxygens (including phenoxy) is 1. The van der Waals surface area contributed by atoms with Gasteiger partial charge in [0.2, 0.25) is 11.8 Å². The van der Waals surface area contributed by atoms with Gasteiger partial charge in [-0.15, -0.1) is 12.4 Å². The lowest BCUT2D eigenvalue weighted by atomic mass is 9.92. The minimum Gasteiger partial charge on any atom is -0.375 e. The lowest BCUT2D eigenvalue weighted by molar-refractivity contribution is -0.142. The molecule has 2 heterocycles. The molecule has 2 atom stereocenters. The number of rotatable bonds is 3. The third-order valence-corrected chi connectivity index (χ3v) is 5.71. The van der Waals surface area contributed by atoms with Gasteiger partial charge >= 0.3 is 0 Å². The van der Waals surface area contributed by atoms with Crippen LogP contribution in [-0.4, -0.2) is 61.1 Å². The van der Waals surface area contributed by atoms with E-state index in [2.05, 4.69) is 10.6 Å². The van der Waals surface area contributed by atoms with Crippen molar-refractivity contribution in [2.75, 3.05) is 26.2 Å². The van der Waals surface area contributed by atoms with E-state index in [-0.39, 0.29) is 42.3 Å². The van der Waals surface area contributed by atoms with Crippen LogP contribution >= 0.6 is 12.4 Å². The van der Waals surface area contributed by atoms with Crippen LogP contribution in [0, 0.1) is 5.92 Å². The lowest BCUT2D eigenvalue weighted by Crippen LogP contribution is -2.58. The third kappa shape index (κ3) is 5.31. The predicted molar refractivity (Wildman–Crippen MR) is 98.8 cm³/mol. The molecule has 0 unspecified atom stereocenters. The molecule has 144 valence electrons. The fourth-order valence-electron chi connectivity index (χ4n) is 4.13. The Morgan fingerprint density at radius 1 is 1.08 bits per heavy atom. The maximum atomic E-state index is 12.6. The van der Waals surface area contributed by atoms with Crippen LogP contribution in [0.1, 0.15) is 51.9 Å². The van der Waals surface area contributed by atoms with Crippen LogP contribution in [0.15, 0.2) is 0 Å². The summed E-state index contributed by atoms with van der Waals surface area (Å²) in [6, 6.07) is 0.127. The summed E-state index contributed by atoms with van der Waals surface area (Å²) in [6.07, 6.45) is 7.45. The number of carbonyl (C=O) groups is 2. The predicted octanol–water partition coefficient (Wildman–Crippen LogP) is 1.47. The number of piperidine rings is 1. The highest BCUT2D eigenvalue weighted by atomic mass is 35.5. The molecule has 2 N–H and O–H groups in total. The molecule has 0 aromatic carbocycles. The second kappa shape index (κ2) is 9.74. The molecule has 0 spiro atoms. The zero-order valence-corrected chi connectivity index (χ0v) is 16.0. The zero-order chi connectivity index (χ0) is 16.9. The van der Waals surface area contributed by atoms with Gasteiger partial charge in [-0.05, 0) is 32.6 Å². The van der Waals surface area contributed by atoms with Crippen molar-refractivity contribution in [3.05, 3.63) is 0 Å². The van der Waals surface area contributed by atoms with Gasteiger partial charge in [0.05, 0.1) is 12.7 Å². The SMILES string of the molecule is C[C@H]1OCCN[C@@H]1C(=O)N1CCC(C(=O)NC2CCCCC2)CC1.Cl.